The van der Waals surface area contributed by atoms with Crippen molar-refractivity contribution in [1.82, 2.24) is 9.97 Å². The molecule has 1 unspecified atom stereocenters. The van der Waals surface area contributed by atoms with Gasteiger partial charge in [-0.1, -0.05) is 0 Å². The van der Waals surface area contributed by atoms with Crippen LogP contribution < -0.4 is 4.74 Å². The number of ether oxygens (including phenoxy) is 1. The smallest absolute Gasteiger partial charge is 0.213 e. The molecular weight excluding hydrogens is 227 g/mol. The number of rotatable bonds is 3. The lowest BCUT2D eigenvalue weighted by Crippen LogP contribution is -2.08. The molecule has 0 saturated carbocycles. The summed E-state index contributed by atoms with van der Waals surface area (Å²) in [6.45, 7) is -0.588. The van der Waals surface area contributed by atoms with E-state index in [2.05, 4.69) is 9.97 Å². The van der Waals surface area contributed by atoms with Gasteiger partial charge >= 0.3 is 0 Å². The number of nitrogens with zero attached hydrogens (tertiary/aromatic N) is 2. The highest BCUT2D eigenvalue weighted by atomic mass is 19.1. The van der Waals surface area contributed by atoms with Crippen molar-refractivity contribution in [3.05, 3.63) is 29.7 Å². The van der Waals surface area contributed by atoms with Crippen molar-refractivity contribution in [3.8, 4) is 5.88 Å². The van der Waals surface area contributed by atoms with Crippen LogP contribution >= 0.6 is 0 Å². The Bertz CT molecular complexity index is 547. The topological polar surface area (TPSA) is 75.5 Å². The lowest BCUT2D eigenvalue weighted by molar-refractivity contribution is 0.0936. The van der Waals surface area contributed by atoms with E-state index in [-0.39, 0.29) is 17.0 Å². The minimum Gasteiger partial charge on any atom is -0.481 e. The molecule has 0 radical (unpaired) electrons. The fourth-order valence-electron chi connectivity index (χ4n) is 1.57. The van der Waals surface area contributed by atoms with Gasteiger partial charge in [-0.25, -0.2) is 9.37 Å². The van der Waals surface area contributed by atoms with Crippen LogP contribution in [0.2, 0.25) is 0 Å². The second-order valence-corrected chi connectivity index (χ2v) is 3.44. The number of aliphatic hydroxyl groups is 2. The van der Waals surface area contributed by atoms with Crippen LogP contribution in [0.4, 0.5) is 4.39 Å². The zero-order valence-corrected chi connectivity index (χ0v) is 9.09. The first-order chi connectivity index (χ1) is 8.17. The summed E-state index contributed by atoms with van der Waals surface area (Å²) in [6.07, 6.45) is -0.342. The van der Waals surface area contributed by atoms with Gasteiger partial charge in [-0.15, -0.1) is 0 Å². The summed E-state index contributed by atoms with van der Waals surface area (Å²) in [4.78, 5) is 7.88. The third-order valence-corrected chi connectivity index (χ3v) is 2.39. The van der Waals surface area contributed by atoms with E-state index in [0.717, 1.165) is 6.20 Å². The van der Waals surface area contributed by atoms with E-state index in [1.54, 1.807) is 12.1 Å². The van der Waals surface area contributed by atoms with Gasteiger partial charge in [-0.2, -0.15) is 0 Å². The Morgan fingerprint density at radius 3 is 2.88 bits per heavy atom. The molecule has 0 aliphatic rings. The highest BCUT2D eigenvalue weighted by Crippen LogP contribution is 2.25. The van der Waals surface area contributed by atoms with Gasteiger partial charge in [0.05, 0.1) is 25.4 Å². The number of hydrogen-bond acceptors (Lipinski definition) is 5. The summed E-state index contributed by atoms with van der Waals surface area (Å²) in [5.74, 6) is -0.420. The lowest BCUT2D eigenvalue weighted by Gasteiger charge is -2.11. The quantitative estimate of drug-likeness (QED) is 0.827. The van der Waals surface area contributed by atoms with Crippen LogP contribution in [0.15, 0.2) is 18.3 Å². The zero-order valence-electron chi connectivity index (χ0n) is 9.09. The molecule has 0 spiro atoms. The van der Waals surface area contributed by atoms with Crippen LogP contribution in [0, 0.1) is 5.82 Å². The van der Waals surface area contributed by atoms with Gasteiger partial charge in [0.25, 0.3) is 0 Å². The molecular formula is C11H11FN2O3. The van der Waals surface area contributed by atoms with Crippen molar-refractivity contribution in [3.63, 3.8) is 0 Å². The van der Waals surface area contributed by atoms with Crippen molar-refractivity contribution >= 4 is 11.0 Å². The number of aromatic nitrogens is 2. The number of halogens is 1. The van der Waals surface area contributed by atoms with Crippen LogP contribution in [-0.4, -0.2) is 33.9 Å². The standard InChI is InChI=1S/C11H11FN2O3/c1-17-9-3-2-7-11(14-9)10(8(16)5-15)6(12)4-13-7/h2-4,8,15-16H,5H2,1H3. The van der Waals surface area contributed by atoms with Gasteiger partial charge in [0, 0.05) is 11.6 Å². The molecule has 6 heteroatoms. The summed E-state index contributed by atoms with van der Waals surface area (Å²) >= 11 is 0. The number of fused-ring (bicyclic) bond motifs is 1. The Labute approximate surface area is 96.5 Å². The number of methoxy groups -OCH3 is 1. The molecule has 0 aromatic carbocycles. The minimum atomic E-state index is -1.33. The molecule has 90 valence electrons. The highest BCUT2D eigenvalue weighted by Gasteiger charge is 2.18. The SMILES string of the molecule is COc1ccc2ncc(F)c(C(O)CO)c2n1. The molecule has 0 saturated heterocycles. The van der Waals surface area contributed by atoms with Gasteiger partial charge < -0.3 is 14.9 Å². The van der Waals surface area contributed by atoms with Crippen molar-refractivity contribution in [2.75, 3.05) is 13.7 Å². The molecule has 2 rings (SSSR count). The molecule has 0 aliphatic heterocycles. The third-order valence-electron chi connectivity index (χ3n) is 2.39. The predicted molar refractivity (Wildman–Crippen MR) is 58.1 cm³/mol. The van der Waals surface area contributed by atoms with Crippen LogP contribution in [0.5, 0.6) is 5.88 Å². The van der Waals surface area contributed by atoms with Crippen molar-refractivity contribution in [2.24, 2.45) is 0 Å². The van der Waals surface area contributed by atoms with E-state index in [1.165, 1.54) is 7.11 Å². The summed E-state index contributed by atoms with van der Waals surface area (Å²) < 4.78 is 18.5. The fraction of sp³-hybridized carbons (Fsp3) is 0.273. The average molecular weight is 238 g/mol. The van der Waals surface area contributed by atoms with Gasteiger partial charge in [-0.3, -0.25) is 4.98 Å². The molecule has 1 atom stereocenters. The lowest BCUT2D eigenvalue weighted by atomic mass is 10.1. The number of aliphatic hydroxyl groups excluding tert-OH is 2. The molecule has 0 amide bonds. The van der Waals surface area contributed by atoms with Gasteiger partial charge in [0.2, 0.25) is 5.88 Å². The predicted octanol–water partition coefficient (Wildman–Crippen LogP) is 0.803. The Kier molecular flexibility index (Phi) is 3.16. The molecule has 2 heterocycles. The van der Waals surface area contributed by atoms with Gasteiger partial charge in [0.1, 0.15) is 17.4 Å². The van der Waals surface area contributed by atoms with Crippen LogP contribution in [0.1, 0.15) is 11.7 Å². The third kappa shape index (κ3) is 2.04. The van der Waals surface area contributed by atoms with E-state index < -0.39 is 18.5 Å². The van der Waals surface area contributed by atoms with Crippen LogP contribution in [0.25, 0.3) is 11.0 Å². The summed E-state index contributed by atoms with van der Waals surface area (Å²) in [7, 11) is 1.43. The molecule has 17 heavy (non-hydrogen) atoms. The van der Waals surface area contributed by atoms with Gasteiger partial charge in [-0.05, 0) is 6.07 Å². The second-order valence-electron chi connectivity index (χ2n) is 3.44. The maximum absolute atomic E-state index is 13.6. The maximum Gasteiger partial charge on any atom is 0.213 e. The number of pyridine rings is 2. The van der Waals surface area contributed by atoms with Crippen LogP contribution in [0.3, 0.4) is 0 Å². The molecule has 0 fully saturated rings. The minimum absolute atomic E-state index is 0.0728. The summed E-state index contributed by atoms with van der Waals surface area (Å²) in [6, 6.07) is 3.19. The molecule has 5 nitrogen and oxygen atoms in total. The van der Waals surface area contributed by atoms with E-state index in [4.69, 9.17) is 9.84 Å². The van der Waals surface area contributed by atoms with Crippen LogP contribution in [-0.2, 0) is 0 Å². The highest BCUT2D eigenvalue weighted by molar-refractivity contribution is 5.78. The van der Waals surface area contributed by atoms with E-state index in [9.17, 15) is 9.50 Å². The van der Waals surface area contributed by atoms with E-state index in [0.29, 0.717) is 5.52 Å². The molecule has 2 N–H and O–H groups in total. The largest absolute Gasteiger partial charge is 0.481 e. The van der Waals surface area contributed by atoms with Gasteiger partial charge in [0.15, 0.2) is 0 Å². The van der Waals surface area contributed by atoms with E-state index >= 15 is 0 Å². The summed E-state index contributed by atoms with van der Waals surface area (Å²) in [5, 5.41) is 18.5. The first-order valence-electron chi connectivity index (χ1n) is 4.95. The van der Waals surface area contributed by atoms with Crippen molar-refractivity contribution < 1.29 is 19.3 Å². The molecule has 2 aromatic heterocycles. The first kappa shape index (κ1) is 11.7. The average Bonchev–Trinajstić information content (AvgIpc) is 2.37. The Morgan fingerprint density at radius 1 is 1.47 bits per heavy atom. The Hall–Kier alpha value is -1.79. The molecule has 2 aromatic rings. The Morgan fingerprint density at radius 2 is 2.24 bits per heavy atom. The Balaban J connectivity index is 2.73. The summed E-state index contributed by atoms with van der Waals surface area (Å²) in [5.41, 5.74) is 0.539. The van der Waals surface area contributed by atoms with Crippen molar-refractivity contribution in [2.45, 2.75) is 6.10 Å². The fourth-order valence-corrected chi connectivity index (χ4v) is 1.57. The van der Waals surface area contributed by atoms with Crippen molar-refractivity contribution in [1.29, 1.82) is 0 Å². The zero-order chi connectivity index (χ0) is 12.4. The first-order valence-corrected chi connectivity index (χ1v) is 4.95. The maximum atomic E-state index is 13.6. The normalized spacial score (nSPS) is 12.7. The second kappa shape index (κ2) is 4.60. The number of hydrogen-bond donors (Lipinski definition) is 2. The monoisotopic (exact) mass is 238 g/mol. The molecule has 0 aliphatic carbocycles. The van der Waals surface area contributed by atoms with E-state index in [1.807, 2.05) is 0 Å². The molecule has 0 bridgehead atoms.